The van der Waals surface area contributed by atoms with Gasteiger partial charge in [0.25, 0.3) is 0 Å². The van der Waals surface area contributed by atoms with Crippen LogP contribution in [0.5, 0.6) is 0 Å². The molecule has 1 amide bonds. The first-order valence-electron chi connectivity index (χ1n) is 9.20. The van der Waals surface area contributed by atoms with Crippen molar-refractivity contribution in [2.75, 3.05) is 13.1 Å². The Labute approximate surface area is 186 Å². The number of carbonyl (C=O) groups excluding carboxylic acids is 1. The third-order valence-electron chi connectivity index (χ3n) is 5.02. The number of benzene rings is 2. The number of piperidine rings is 1. The zero-order chi connectivity index (χ0) is 21.0. The summed E-state index contributed by atoms with van der Waals surface area (Å²) in [6.07, 6.45) is 0.924. The van der Waals surface area contributed by atoms with Crippen molar-refractivity contribution in [3.63, 3.8) is 0 Å². The Bertz CT molecular complexity index is 970. The molecule has 0 aliphatic carbocycles. The molecule has 0 unspecified atom stereocenters. The molecule has 0 bridgehead atoms. The van der Waals surface area contributed by atoms with E-state index in [4.69, 9.17) is 34.8 Å². The van der Waals surface area contributed by atoms with Gasteiger partial charge in [0, 0.05) is 46.2 Å². The Hall–Kier alpha value is -1.31. The van der Waals surface area contributed by atoms with Crippen molar-refractivity contribution in [2.45, 2.75) is 25.1 Å². The summed E-state index contributed by atoms with van der Waals surface area (Å²) in [4.78, 5) is 12.5. The highest BCUT2D eigenvalue weighted by Gasteiger charge is 2.31. The second-order valence-corrected chi connectivity index (χ2v) is 10.1. The number of halogens is 3. The van der Waals surface area contributed by atoms with E-state index < -0.39 is 10.0 Å². The molecule has 1 saturated heterocycles. The van der Waals surface area contributed by atoms with E-state index in [2.05, 4.69) is 5.32 Å². The van der Waals surface area contributed by atoms with Crippen LogP contribution in [0.1, 0.15) is 24.0 Å². The summed E-state index contributed by atoms with van der Waals surface area (Å²) in [6.45, 7) is 0.922. The average molecular weight is 476 g/mol. The number of rotatable bonds is 6. The van der Waals surface area contributed by atoms with Gasteiger partial charge in [-0.15, -0.1) is 0 Å². The second kappa shape index (κ2) is 9.67. The Kier molecular flexibility index (Phi) is 7.46. The standard InChI is InChI=1S/C20H21Cl3N2O3S/c21-17-5-2-1-4-15(17)12-24-20(26)14-8-10-25(11-9-14)29(27,28)13-16-18(22)6-3-7-19(16)23/h1-7,14H,8-13H2,(H,24,26). The van der Waals surface area contributed by atoms with E-state index in [1.54, 1.807) is 24.3 Å². The molecule has 0 saturated carbocycles. The zero-order valence-electron chi connectivity index (χ0n) is 15.6. The van der Waals surface area contributed by atoms with Crippen molar-refractivity contribution >= 4 is 50.7 Å². The number of amides is 1. The van der Waals surface area contributed by atoms with Gasteiger partial charge >= 0.3 is 0 Å². The molecule has 1 fully saturated rings. The molecule has 5 nitrogen and oxygen atoms in total. The van der Waals surface area contributed by atoms with Crippen LogP contribution in [0.2, 0.25) is 15.1 Å². The van der Waals surface area contributed by atoms with Crippen molar-refractivity contribution in [1.82, 2.24) is 9.62 Å². The summed E-state index contributed by atoms with van der Waals surface area (Å²) in [7, 11) is -3.58. The minimum atomic E-state index is -3.58. The van der Waals surface area contributed by atoms with Crippen LogP contribution in [0.3, 0.4) is 0 Å². The van der Waals surface area contributed by atoms with Gasteiger partial charge in [-0.2, -0.15) is 0 Å². The fourth-order valence-corrected chi connectivity index (χ4v) is 5.83. The van der Waals surface area contributed by atoms with Gasteiger partial charge in [0.15, 0.2) is 0 Å². The van der Waals surface area contributed by atoms with E-state index in [0.717, 1.165) is 5.56 Å². The number of sulfonamides is 1. The molecule has 0 atom stereocenters. The van der Waals surface area contributed by atoms with E-state index >= 15 is 0 Å². The lowest BCUT2D eigenvalue weighted by Gasteiger charge is -2.30. The van der Waals surface area contributed by atoms with E-state index in [1.807, 2.05) is 18.2 Å². The third-order valence-corrected chi connectivity index (χ3v) is 7.90. The molecule has 1 aliphatic heterocycles. The topological polar surface area (TPSA) is 66.5 Å². The normalized spacial score (nSPS) is 16.0. The molecule has 1 N–H and O–H groups in total. The molecule has 2 aromatic rings. The van der Waals surface area contributed by atoms with Gasteiger partial charge in [0.2, 0.25) is 15.9 Å². The molecule has 0 radical (unpaired) electrons. The lowest BCUT2D eigenvalue weighted by atomic mass is 9.97. The minimum absolute atomic E-state index is 0.0869. The lowest BCUT2D eigenvalue weighted by molar-refractivity contribution is -0.126. The lowest BCUT2D eigenvalue weighted by Crippen LogP contribution is -2.43. The smallest absolute Gasteiger partial charge is 0.223 e. The monoisotopic (exact) mass is 474 g/mol. The molecule has 1 aliphatic rings. The highest BCUT2D eigenvalue weighted by Crippen LogP contribution is 2.29. The maximum absolute atomic E-state index is 12.8. The van der Waals surface area contributed by atoms with Gasteiger partial charge in [-0.05, 0) is 36.6 Å². The van der Waals surface area contributed by atoms with Gasteiger partial charge in [-0.3, -0.25) is 4.79 Å². The van der Waals surface area contributed by atoms with Crippen molar-refractivity contribution in [3.05, 3.63) is 68.7 Å². The third kappa shape index (κ3) is 5.64. The Morgan fingerprint density at radius 2 is 1.55 bits per heavy atom. The van der Waals surface area contributed by atoms with E-state index in [1.165, 1.54) is 4.31 Å². The molecule has 1 heterocycles. The summed E-state index contributed by atoms with van der Waals surface area (Å²) in [5, 5.41) is 4.15. The fourth-order valence-electron chi connectivity index (χ4n) is 3.31. The maximum Gasteiger partial charge on any atom is 0.223 e. The first kappa shape index (κ1) is 22.4. The molecule has 2 aromatic carbocycles. The highest BCUT2D eigenvalue weighted by molar-refractivity contribution is 7.88. The number of nitrogens with one attached hydrogen (secondary N) is 1. The Balaban J connectivity index is 1.55. The number of carbonyl (C=O) groups is 1. The van der Waals surface area contributed by atoms with Crippen LogP contribution in [-0.4, -0.2) is 31.7 Å². The van der Waals surface area contributed by atoms with Crippen molar-refractivity contribution in [1.29, 1.82) is 0 Å². The van der Waals surface area contributed by atoms with Gasteiger partial charge < -0.3 is 5.32 Å². The molecule has 3 rings (SSSR count). The zero-order valence-corrected chi connectivity index (χ0v) is 18.7. The second-order valence-electron chi connectivity index (χ2n) is 6.94. The molecular weight excluding hydrogens is 455 g/mol. The van der Waals surface area contributed by atoms with Gasteiger partial charge in [0.05, 0.1) is 5.75 Å². The largest absolute Gasteiger partial charge is 0.352 e. The predicted octanol–water partition coefficient (Wildman–Crippen LogP) is 4.51. The van der Waals surface area contributed by atoms with Crippen LogP contribution in [0, 0.1) is 5.92 Å². The quantitative estimate of drug-likeness (QED) is 0.669. The fraction of sp³-hybridized carbons (Fsp3) is 0.350. The van der Waals surface area contributed by atoms with E-state index in [-0.39, 0.29) is 30.7 Å². The maximum atomic E-state index is 12.8. The molecule has 0 spiro atoms. The van der Waals surface area contributed by atoms with Crippen LogP contribution in [0.15, 0.2) is 42.5 Å². The molecule has 9 heteroatoms. The van der Waals surface area contributed by atoms with Crippen LogP contribution in [0.25, 0.3) is 0 Å². The van der Waals surface area contributed by atoms with Crippen LogP contribution < -0.4 is 5.32 Å². The first-order valence-corrected chi connectivity index (χ1v) is 11.9. The van der Waals surface area contributed by atoms with Crippen LogP contribution >= 0.6 is 34.8 Å². The number of hydrogen-bond donors (Lipinski definition) is 1. The highest BCUT2D eigenvalue weighted by atomic mass is 35.5. The summed E-state index contributed by atoms with van der Waals surface area (Å²) in [5.41, 5.74) is 1.24. The Morgan fingerprint density at radius 3 is 2.17 bits per heavy atom. The van der Waals surface area contributed by atoms with Crippen molar-refractivity contribution < 1.29 is 13.2 Å². The van der Waals surface area contributed by atoms with Crippen LogP contribution in [-0.2, 0) is 27.1 Å². The average Bonchev–Trinajstić information content (AvgIpc) is 2.70. The molecule has 156 valence electrons. The molecule has 0 aromatic heterocycles. The van der Waals surface area contributed by atoms with Crippen molar-refractivity contribution in [2.24, 2.45) is 5.92 Å². The van der Waals surface area contributed by atoms with Gasteiger partial charge in [-0.25, -0.2) is 12.7 Å². The van der Waals surface area contributed by atoms with Crippen LogP contribution in [0.4, 0.5) is 0 Å². The molecular formula is C20H21Cl3N2O3S. The molecule has 29 heavy (non-hydrogen) atoms. The van der Waals surface area contributed by atoms with Crippen molar-refractivity contribution in [3.8, 4) is 0 Å². The number of hydrogen-bond acceptors (Lipinski definition) is 3. The summed E-state index contributed by atoms with van der Waals surface area (Å²) in [5.74, 6) is -0.571. The Morgan fingerprint density at radius 1 is 0.966 bits per heavy atom. The summed E-state index contributed by atoms with van der Waals surface area (Å²) < 4.78 is 27.0. The van der Waals surface area contributed by atoms with Gasteiger partial charge in [-0.1, -0.05) is 59.1 Å². The SMILES string of the molecule is O=C(NCc1ccccc1Cl)C1CCN(S(=O)(=O)Cc2c(Cl)cccc2Cl)CC1. The first-order chi connectivity index (χ1) is 13.8. The number of nitrogens with zero attached hydrogens (tertiary/aromatic N) is 1. The summed E-state index contributed by atoms with van der Waals surface area (Å²) >= 11 is 18.3. The minimum Gasteiger partial charge on any atom is -0.352 e. The van der Waals surface area contributed by atoms with E-state index in [0.29, 0.717) is 40.0 Å². The van der Waals surface area contributed by atoms with E-state index in [9.17, 15) is 13.2 Å². The summed E-state index contributed by atoms with van der Waals surface area (Å²) in [6, 6.07) is 12.2. The predicted molar refractivity (Wildman–Crippen MR) is 117 cm³/mol. The van der Waals surface area contributed by atoms with Gasteiger partial charge in [0.1, 0.15) is 0 Å².